The number of hydrogen-bond acceptors (Lipinski definition) is 6. The SMILES string of the molecule is CC(C)(CCO)NS(=O)(=O)c1ccc(O)c([N+](=O)[O-])c1. The van der Waals surface area contributed by atoms with Gasteiger partial charge in [0.1, 0.15) is 0 Å². The molecule has 0 aliphatic carbocycles. The number of rotatable bonds is 6. The van der Waals surface area contributed by atoms with Crippen molar-refractivity contribution in [2.45, 2.75) is 30.7 Å². The van der Waals surface area contributed by atoms with Crippen molar-refractivity contribution in [1.82, 2.24) is 4.72 Å². The Morgan fingerprint density at radius 2 is 2.00 bits per heavy atom. The van der Waals surface area contributed by atoms with E-state index in [4.69, 9.17) is 5.11 Å². The fraction of sp³-hybridized carbons (Fsp3) is 0.455. The van der Waals surface area contributed by atoms with E-state index in [1.54, 1.807) is 13.8 Å². The molecule has 20 heavy (non-hydrogen) atoms. The minimum atomic E-state index is -3.99. The summed E-state index contributed by atoms with van der Waals surface area (Å²) in [5.74, 6) is -0.608. The Bertz CT molecular complexity index is 611. The van der Waals surface area contributed by atoms with Gasteiger partial charge in [-0.15, -0.1) is 0 Å². The maximum Gasteiger partial charge on any atom is 0.312 e. The molecule has 0 saturated carbocycles. The number of phenolic OH excluding ortho intramolecular Hbond substituents is 1. The van der Waals surface area contributed by atoms with Gasteiger partial charge in [0, 0.05) is 18.2 Å². The molecule has 0 aliphatic rings. The zero-order valence-electron chi connectivity index (χ0n) is 11.0. The minimum absolute atomic E-state index is 0.187. The first-order valence-electron chi connectivity index (χ1n) is 5.71. The van der Waals surface area contributed by atoms with Crippen LogP contribution in [0, 0.1) is 10.1 Å². The van der Waals surface area contributed by atoms with E-state index in [2.05, 4.69) is 4.72 Å². The van der Waals surface area contributed by atoms with Crippen LogP contribution in [0.4, 0.5) is 5.69 Å². The Kier molecular flexibility index (Phi) is 4.69. The zero-order chi connectivity index (χ0) is 15.6. The van der Waals surface area contributed by atoms with Crippen molar-refractivity contribution in [2.24, 2.45) is 0 Å². The highest BCUT2D eigenvalue weighted by Crippen LogP contribution is 2.28. The average Bonchev–Trinajstić information content (AvgIpc) is 2.26. The molecule has 0 aromatic heterocycles. The van der Waals surface area contributed by atoms with Gasteiger partial charge < -0.3 is 10.2 Å². The Morgan fingerprint density at radius 1 is 1.40 bits per heavy atom. The third-order valence-corrected chi connectivity index (χ3v) is 4.30. The molecule has 0 bridgehead atoms. The van der Waals surface area contributed by atoms with E-state index in [0.717, 1.165) is 18.2 Å². The van der Waals surface area contributed by atoms with Crippen molar-refractivity contribution in [1.29, 1.82) is 0 Å². The molecule has 0 radical (unpaired) electrons. The van der Waals surface area contributed by atoms with E-state index in [-0.39, 0.29) is 17.9 Å². The molecule has 9 heteroatoms. The molecule has 0 aliphatic heterocycles. The number of sulfonamides is 1. The van der Waals surface area contributed by atoms with E-state index < -0.39 is 31.9 Å². The first-order valence-corrected chi connectivity index (χ1v) is 7.19. The van der Waals surface area contributed by atoms with Gasteiger partial charge in [-0.2, -0.15) is 0 Å². The maximum absolute atomic E-state index is 12.1. The van der Waals surface area contributed by atoms with Gasteiger partial charge in [0.15, 0.2) is 5.75 Å². The number of aliphatic hydroxyl groups is 1. The molecular weight excluding hydrogens is 288 g/mol. The zero-order valence-corrected chi connectivity index (χ0v) is 11.8. The lowest BCUT2D eigenvalue weighted by atomic mass is 10.0. The van der Waals surface area contributed by atoms with Crippen molar-refractivity contribution in [3.63, 3.8) is 0 Å². The summed E-state index contributed by atoms with van der Waals surface area (Å²) in [5, 5.41) is 28.8. The molecule has 8 nitrogen and oxygen atoms in total. The predicted molar refractivity (Wildman–Crippen MR) is 70.9 cm³/mol. The Labute approximate surface area is 116 Å². The first-order chi connectivity index (χ1) is 9.09. The number of nitrogens with zero attached hydrogens (tertiary/aromatic N) is 1. The van der Waals surface area contributed by atoms with Crippen LogP contribution in [0.15, 0.2) is 23.1 Å². The quantitative estimate of drug-likeness (QED) is 0.525. The molecule has 0 amide bonds. The molecule has 112 valence electrons. The Balaban J connectivity index is 3.17. The number of nitrogens with one attached hydrogen (secondary N) is 1. The number of benzene rings is 1. The van der Waals surface area contributed by atoms with E-state index in [1.165, 1.54) is 0 Å². The second kappa shape index (κ2) is 5.73. The largest absolute Gasteiger partial charge is 0.502 e. The van der Waals surface area contributed by atoms with Crippen LogP contribution in [-0.2, 0) is 10.0 Å². The summed E-state index contributed by atoms with van der Waals surface area (Å²) in [5.41, 5.74) is -1.59. The summed E-state index contributed by atoms with van der Waals surface area (Å²) in [6, 6.07) is 2.80. The van der Waals surface area contributed by atoms with Crippen molar-refractivity contribution >= 4 is 15.7 Å². The summed E-state index contributed by atoms with van der Waals surface area (Å²) < 4.78 is 26.6. The molecule has 3 N–H and O–H groups in total. The van der Waals surface area contributed by atoms with Crippen LogP contribution in [0.2, 0.25) is 0 Å². The molecular formula is C11H16N2O6S. The second-order valence-corrected chi connectivity index (χ2v) is 6.55. The van der Waals surface area contributed by atoms with Crippen LogP contribution in [0.5, 0.6) is 5.75 Å². The van der Waals surface area contributed by atoms with Gasteiger partial charge >= 0.3 is 5.69 Å². The molecule has 1 rings (SSSR count). The van der Waals surface area contributed by atoms with Crippen LogP contribution in [0.25, 0.3) is 0 Å². The van der Waals surface area contributed by atoms with Crippen LogP contribution < -0.4 is 4.72 Å². The topological polar surface area (TPSA) is 130 Å². The van der Waals surface area contributed by atoms with Crippen LogP contribution in [0.3, 0.4) is 0 Å². The monoisotopic (exact) mass is 304 g/mol. The van der Waals surface area contributed by atoms with E-state index in [1.807, 2.05) is 0 Å². The van der Waals surface area contributed by atoms with E-state index >= 15 is 0 Å². The van der Waals surface area contributed by atoms with Gasteiger partial charge in [-0.3, -0.25) is 10.1 Å². The maximum atomic E-state index is 12.1. The number of phenols is 1. The van der Waals surface area contributed by atoms with Gasteiger partial charge in [-0.25, -0.2) is 13.1 Å². The molecule has 1 aromatic carbocycles. The van der Waals surface area contributed by atoms with Crippen molar-refractivity contribution in [2.75, 3.05) is 6.61 Å². The van der Waals surface area contributed by atoms with Gasteiger partial charge in [-0.05, 0) is 32.4 Å². The first kappa shape index (κ1) is 16.3. The third kappa shape index (κ3) is 3.89. The fourth-order valence-electron chi connectivity index (χ4n) is 1.57. The molecule has 0 saturated heterocycles. The number of hydrogen-bond donors (Lipinski definition) is 3. The van der Waals surface area contributed by atoms with Gasteiger partial charge in [0.05, 0.1) is 9.82 Å². The van der Waals surface area contributed by atoms with Crippen molar-refractivity contribution < 1.29 is 23.6 Å². The smallest absolute Gasteiger partial charge is 0.312 e. The molecule has 0 spiro atoms. The molecule has 0 heterocycles. The Hall–Kier alpha value is -1.71. The van der Waals surface area contributed by atoms with Gasteiger partial charge in [0.25, 0.3) is 0 Å². The highest BCUT2D eigenvalue weighted by molar-refractivity contribution is 7.89. The summed E-state index contributed by atoms with van der Waals surface area (Å²) in [4.78, 5) is 9.49. The lowest BCUT2D eigenvalue weighted by Crippen LogP contribution is -2.43. The average molecular weight is 304 g/mol. The Morgan fingerprint density at radius 3 is 2.50 bits per heavy atom. The van der Waals surface area contributed by atoms with Crippen LogP contribution in [0.1, 0.15) is 20.3 Å². The highest BCUT2D eigenvalue weighted by Gasteiger charge is 2.27. The molecule has 0 fully saturated rings. The minimum Gasteiger partial charge on any atom is -0.502 e. The number of nitro benzene ring substituents is 1. The summed E-state index contributed by atoms with van der Waals surface area (Å²) in [7, 11) is -3.99. The van der Waals surface area contributed by atoms with Crippen LogP contribution in [-0.4, -0.2) is 35.7 Å². The summed E-state index contributed by atoms with van der Waals surface area (Å²) in [6.45, 7) is 2.95. The normalized spacial score (nSPS) is 12.3. The third-order valence-electron chi connectivity index (χ3n) is 2.60. The predicted octanol–water partition coefficient (Wildman–Crippen LogP) is 0.740. The van der Waals surface area contributed by atoms with Gasteiger partial charge in [0.2, 0.25) is 10.0 Å². The summed E-state index contributed by atoms with van der Waals surface area (Å²) >= 11 is 0. The molecule has 0 atom stereocenters. The molecule has 0 unspecified atom stereocenters. The lowest BCUT2D eigenvalue weighted by Gasteiger charge is -2.24. The fourth-order valence-corrected chi connectivity index (χ4v) is 3.03. The number of aliphatic hydroxyl groups excluding tert-OH is 1. The number of aromatic hydroxyl groups is 1. The highest BCUT2D eigenvalue weighted by atomic mass is 32.2. The standard InChI is InChI=1S/C11H16N2O6S/c1-11(2,5-6-14)12-20(18,19)8-3-4-10(15)9(7-8)13(16)17/h3-4,7,12,14-15H,5-6H2,1-2H3. The second-order valence-electron chi connectivity index (χ2n) is 4.87. The van der Waals surface area contributed by atoms with Crippen molar-refractivity contribution in [3.8, 4) is 5.75 Å². The van der Waals surface area contributed by atoms with E-state index in [9.17, 15) is 23.6 Å². The van der Waals surface area contributed by atoms with Crippen LogP contribution >= 0.6 is 0 Å². The molecule has 1 aromatic rings. The lowest BCUT2D eigenvalue weighted by molar-refractivity contribution is -0.386. The summed E-state index contributed by atoms with van der Waals surface area (Å²) in [6.07, 6.45) is 0.187. The van der Waals surface area contributed by atoms with Gasteiger partial charge in [-0.1, -0.05) is 0 Å². The van der Waals surface area contributed by atoms with E-state index in [0.29, 0.717) is 0 Å². The van der Waals surface area contributed by atoms with Crippen molar-refractivity contribution in [3.05, 3.63) is 28.3 Å². The number of nitro groups is 1.